The highest BCUT2D eigenvalue weighted by Crippen LogP contribution is 2.24. The van der Waals surface area contributed by atoms with E-state index in [-0.39, 0.29) is 11.1 Å². The number of nitrogens with zero attached hydrogens (tertiary/aromatic N) is 3. The smallest absolute Gasteiger partial charge is 0.272 e. The summed E-state index contributed by atoms with van der Waals surface area (Å²) in [5.41, 5.74) is 0.922. The zero-order chi connectivity index (χ0) is 14.0. The summed E-state index contributed by atoms with van der Waals surface area (Å²) in [6, 6.07) is 9.35. The van der Waals surface area contributed by atoms with Gasteiger partial charge in [0.05, 0.1) is 5.69 Å². The van der Waals surface area contributed by atoms with Crippen molar-refractivity contribution in [2.45, 2.75) is 5.16 Å². The van der Waals surface area contributed by atoms with E-state index in [4.69, 9.17) is 0 Å². The van der Waals surface area contributed by atoms with Gasteiger partial charge in [0, 0.05) is 17.1 Å². The number of hydrogen-bond acceptors (Lipinski definition) is 4. The van der Waals surface area contributed by atoms with Crippen molar-refractivity contribution in [1.82, 2.24) is 9.55 Å². The van der Waals surface area contributed by atoms with Crippen molar-refractivity contribution in [1.29, 1.82) is 5.26 Å². The first-order valence-electron chi connectivity index (χ1n) is 5.39. The number of benzene rings is 1. The van der Waals surface area contributed by atoms with Crippen molar-refractivity contribution >= 4 is 27.7 Å². The van der Waals surface area contributed by atoms with Crippen LogP contribution in [0.25, 0.3) is 11.3 Å². The summed E-state index contributed by atoms with van der Waals surface area (Å²) >= 11 is 4.75. The van der Waals surface area contributed by atoms with Crippen LogP contribution in [-0.2, 0) is 7.05 Å². The molecule has 0 aliphatic heterocycles. The predicted molar refractivity (Wildman–Crippen MR) is 79.1 cm³/mol. The van der Waals surface area contributed by atoms with E-state index in [1.165, 1.54) is 16.3 Å². The maximum absolute atomic E-state index is 12.1. The van der Waals surface area contributed by atoms with Gasteiger partial charge < -0.3 is 0 Å². The second-order valence-electron chi connectivity index (χ2n) is 3.81. The molecule has 6 heteroatoms. The van der Waals surface area contributed by atoms with Gasteiger partial charge in [0.2, 0.25) is 0 Å². The molecule has 0 unspecified atom stereocenters. The molecule has 0 aliphatic rings. The summed E-state index contributed by atoms with van der Waals surface area (Å²) in [7, 11) is 1.62. The van der Waals surface area contributed by atoms with Gasteiger partial charge in [-0.2, -0.15) is 5.26 Å². The van der Waals surface area contributed by atoms with Crippen LogP contribution < -0.4 is 5.56 Å². The minimum absolute atomic E-state index is 0.0680. The normalized spacial score (nSPS) is 10.2. The van der Waals surface area contributed by atoms with Crippen LogP contribution in [-0.4, -0.2) is 15.8 Å². The van der Waals surface area contributed by atoms with Crippen LogP contribution in [0.15, 0.2) is 38.7 Å². The fourth-order valence-corrected chi connectivity index (χ4v) is 2.65. The topological polar surface area (TPSA) is 58.7 Å². The molecule has 0 N–H and O–H groups in total. The Labute approximate surface area is 123 Å². The Morgan fingerprint density at radius 2 is 2.21 bits per heavy atom. The number of aromatic nitrogens is 2. The Bertz CT molecular complexity index is 734. The first-order valence-corrected chi connectivity index (χ1v) is 7.41. The highest BCUT2D eigenvalue weighted by Gasteiger charge is 2.15. The Kier molecular flexibility index (Phi) is 4.08. The second-order valence-corrected chi connectivity index (χ2v) is 5.50. The van der Waals surface area contributed by atoms with Crippen LogP contribution >= 0.6 is 27.7 Å². The zero-order valence-electron chi connectivity index (χ0n) is 10.3. The van der Waals surface area contributed by atoms with E-state index < -0.39 is 0 Å². The van der Waals surface area contributed by atoms with Crippen molar-refractivity contribution in [2.24, 2.45) is 7.05 Å². The fourth-order valence-electron chi connectivity index (χ4n) is 1.71. The molecule has 0 saturated heterocycles. The van der Waals surface area contributed by atoms with Crippen LogP contribution in [0, 0.1) is 11.3 Å². The number of nitriles is 1. The quantitative estimate of drug-likeness (QED) is 0.625. The van der Waals surface area contributed by atoms with Gasteiger partial charge in [0.25, 0.3) is 5.56 Å². The third-order valence-electron chi connectivity index (χ3n) is 2.64. The number of halogens is 1. The minimum atomic E-state index is -0.322. The van der Waals surface area contributed by atoms with Crippen molar-refractivity contribution < 1.29 is 0 Å². The Morgan fingerprint density at radius 3 is 2.79 bits per heavy atom. The molecule has 0 radical (unpaired) electrons. The summed E-state index contributed by atoms with van der Waals surface area (Å²) < 4.78 is 2.27. The molecule has 1 aromatic carbocycles. The van der Waals surface area contributed by atoms with Crippen molar-refractivity contribution in [2.75, 3.05) is 6.26 Å². The molecule has 0 fully saturated rings. The molecule has 0 spiro atoms. The standard InChI is InChI=1S/C13H10BrN3OS/c1-17-12(18)10(7-15)11(16-13(17)19-2)8-4-3-5-9(14)6-8/h3-6H,1-2H3. The fraction of sp³-hybridized carbons (Fsp3) is 0.154. The SMILES string of the molecule is CSc1nc(-c2cccc(Br)c2)c(C#N)c(=O)n1C. The van der Waals surface area contributed by atoms with Crippen LogP contribution in [0.2, 0.25) is 0 Å². The van der Waals surface area contributed by atoms with Crippen molar-refractivity contribution in [3.63, 3.8) is 0 Å². The maximum atomic E-state index is 12.1. The lowest BCUT2D eigenvalue weighted by molar-refractivity contribution is 0.709. The van der Waals surface area contributed by atoms with Gasteiger partial charge in [0.1, 0.15) is 11.6 Å². The molecule has 4 nitrogen and oxygen atoms in total. The molecule has 19 heavy (non-hydrogen) atoms. The van der Waals surface area contributed by atoms with E-state index in [9.17, 15) is 10.1 Å². The monoisotopic (exact) mass is 335 g/mol. The lowest BCUT2D eigenvalue weighted by atomic mass is 10.1. The summed E-state index contributed by atoms with van der Waals surface area (Å²) in [6.07, 6.45) is 1.85. The van der Waals surface area contributed by atoms with Gasteiger partial charge in [-0.05, 0) is 18.4 Å². The zero-order valence-corrected chi connectivity index (χ0v) is 12.7. The highest BCUT2D eigenvalue weighted by molar-refractivity contribution is 9.10. The first-order chi connectivity index (χ1) is 9.08. The van der Waals surface area contributed by atoms with Gasteiger partial charge >= 0.3 is 0 Å². The third-order valence-corrected chi connectivity index (χ3v) is 3.87. The van der Waals surface area contributed by atoms with E-state index in [2.05, 4.69) is 20.9 Å². The van der Waals surface area contributed by atoms with Crippen LogP contribution in [0.3, 0.4) is 0 Å². The Hall–Kier alpha value is -1.58. The predicted octanol–water partition coefficient (Wildman–Crippen LogP) is 2.80. The first kappa shape index (κ1) is 13.8. The molecule has 96 valence electrons. The minimum Gasteiger partial charge on any atom is -0.290 e. The van der Waals surface area contributed by atoms with E-state index in [1.807, 2.05) is 36.6 Å². The average molecular weight is 336 g/mol. The molecule has 0 aliphatic carbocycles. The van der Waals surface area contributed by atoms with E-state index in [0.29, 0.717) is 10.9 Å². The maximum Gasteiger partial charge on any atom is 0.272 e. The van der Waals surface area contributed by atoms with Gasteiger partial charge in [0.15, 0.2) is 5.16 Å². The molecule has 2 rings (SSSR count). The molecule has 2 aromatic rings. The molecular formula is C13H10BrN3OS. The number of thioether (sulfide) groups is 1. The summed E-state index contributed by atoms with van der Waals surface area (Å²) in [5, 5.41) is 9.78. The lowest BCUT2D eigenvalue weighted by Gasteiger charge is -2.09. The van der Waals surface area contributed by atoms with Crippen molar-refractivity contribution in [3.05, 3.63) is 44.7 Å². The lowest BCUT2D eigenvalue weighted by Crippen LogP contribution is -2.23. The average Bonchev–Trinajstić information content (AvgIpc) is 2.41. The molecule has 0 atom stereocenters. The molecule has 1 aromatic heterocycles. The molecule has 1 heterocycles. The van der Waals surface area contributed by atoms with E-state index in [1.54, 1.807) is 7.05 Å². The van der Waals surface area contributed by atoms with Gasteiger partial charge in [-0.1, -0.05) is 39.8 Å². The van der Waals surface area contributed by atoms with Gasteiger partial charge in [-0.25, -0.2) is 4.98 Å². The van der Waals surface area contributed by atoms with E-state index in [0.717, 1.165) is 10.0 Å². The molecular weight excluding hydrogens is 326 g/mol. The number of hydrogen-bond donors (Lipinski definition) is 0. The molecule has 0 saturated carbocycles. The van der Waals surface area contributed by atoms with Crippen LogP contribution in [0.1, 0.15) is 5.56 Å². The Balaban J connectivity index is 2.80. The third kappa shape index (κ3) is 2.57. The van der Waals surface area contributed by atoms with E-state index >= 15 is 0 Å². The van der Waals surface area contributed by atoms with Gasteiger partial charge in [-0.15, -0.1) is 0 Å². The van der Waals surface area contributed by atoms with Crippen molar-refractivity contribution in [3.8, 4) is 17.3 Å². The van der Waals surface area contributed by atoms with Crippen LogP contribution in [0.4, 0.5) is 0 Å². The summed E-state index contributed by atoms with van der Waals surface area (Å²) in [5.74, 6) is 0. The summed E-state index contributed by atoms with van der Waals surface area (Å²) in [4.78, 5) is 16.6. The van der Waals surface area contributed by atoms with Gasteiger partial charge in [-0.3, -0.25) is 9.36 Å². The highest BCUT2D eigenvalue weighted by atomic mass is 79.9. The Morgan fingerprint density at radius 1 is 1.47 bits per heavy atom. The molecule has 0 bridgehead atoms. The largest absolute Gasteiger partial charge is 0.290 e. The second kappa shape index (κ2) is 5.59. The number of rotatable bonds is 2. The van der Waals surface area contributed by atoms with Crippen LogP contribution in [0.5, 0.6) is 0 Å². The molecule has 0 amide bonds. The summed E-state index contributed by atoms with van der Waals surface area (Å²) in [6.45, 7) is 0.